The lowest BCUT2D eigenvalue weighted by atomic mass is 10.2. The number of rotatable bonds is 5. The number of anilines is 1. The Morgan fingerprint density at radius 1 is 1.50 bits per heavy atom. The summed E-state index contributed by atoms with van der Waals surface area (Å²) in [6.07, 6.45) is 2.12. The van der Waals surface area contributed by atoms with Crippen LogP contribution in [0.25, 0.3) is 0 Å². The summed E-state index contributed by atoms with van der Waals surface area (Å²) in [4.78, 5) is 6.80. The molecule has 0 bridgehead atoms. The molecule has 0 radical (unpaired) electrons. The van der Waals surface area contributed by atoms with E-state index in [0.29, 0.717) is 12.6 Å². The topological polar surface area (TPSA) is 42.2 Å². The summed E-state index contributed by atoms with van der Waals surface area (Å²) in [5.74, 6) is 2.11. The van der Waals surface area contributed by atoms with Crippen molar-refractivity contribution in [3.8, 4) is 0 Å². The molecule has 0 aromatic carbocycles. The summed E-state index contributed by atoms with van der Waals surface area (Å²) in [6, 6.07) is 4.55. The smallest absolute Gasteiger partial charge is 0.133 e. The molecule has 1 atom stereocenters. The van der Waals surface area contributed by atoms with Crippen LogP contribution < -0.4 is 10.6 Å². The van der Waals surface area contributed by atoms with Gasteiger partial charge < -0.3 is 10.6 Å². The van der Waals surface area contributed by atoms with Gasteiger partial charge in [-0.1, -0.05) is 6.07 Å². The fourth-order valence-electron chi connectivity index (χ4n) is 1.60. The molecule has 0 aliphatic rings. The van der Waals surface area contributed by atoms with Gasteiger partial charge in [-0.15, -0.1) is 0 Å². The van der Waals surface area contributed by atoms with Crippen LogP contribution in [0.4, 0.5) is 5.82 Å². The third-order valence-corrected chi connectivity index (χ3v) is 3.53. The van der Waals surface area contributed by atoms with Crippen molar-refractivity contribution in [3.05, 3.63) is 23.4 Å². The Morgan fingerprint density at radius 2 is 2.19 bits per heavy atom. The van der Waals surface area contributed by atoms with Gasteiger partial charge in [-0.3, -0.25) is 0 Å². The van der Waals surface area contributed by atoms with Crippen LogP contribution in [0.3, 0.4) is 0 Å². The van der Waals surface area contributed by atoms with Gasteiger partial charge in [0.25, 0.3) is 0 Å². The van der Waals surface area contributed by atoms with E-state index >= 15 is 0 Å². The van der Waals surface area contributed by atoms with Crippen molar-refractivity contribution >= 4 is 17.6 Å². The van der Waals surface area contributed by atoms with Crippen molar-refractivity contribution in [2.75, 3.05) is 24.0 Å². The summed E-state index contributed by atoms with van der Waals surface area (Å²) < 4.78 is 0. The zero-order valence-corrected chi connectivity index (χ0v) is 11.3. The number of aromatic nitrogens is 1. The van der Waals surface area contributed by atoms with Crippen LogP contribution >= 0.6 is 11.8 Å². The second-order valence-corrected chi connectivity index (χ2v) is 4.97. The molecule has 90 valence electrons. The summed E-state index contributed by atoms with van der Waals surface area (Å²) in [5.41, 5.74) is 7.89. The molecule has 3 nitrogen and oxygen atoms in total. The van der Waals surface area contributed by atoms with Crippen molar-refractivity contribution < 1.29 is 0 Å². The lowest BCUT2D eigenvalue weighted by Gasteiger charge is -2.27. The van der Waals surface area contributed by atoms with Crippen LogP contribution in [-0.4, -0.2) is 30.1 Å². The van der Waals surface area contributed by atoms with Crippen LogP contribution in [0.15, 0.2) is 12.1 Å². The Labute approximate surface area is 102 Å². The summed E-state index contributed by atoms with van der Waals surface area (Å²) >= 11 is 1.85. The van der Waals surface area contributed by atoms with E-state index in [2.05, 4.69) is 36.2 Å². The number of pyridine rings is 1. The van der Waals surface area contributed by atoms with E-state index < -0.39 is 0 Å². The van der Waals surface area contributed by atoms with Crippen molar-refractivity contribution in [2.45, 2.75) is 26.4 Å². The van der Waals surface area contributed by atoms with Crippen LogP contribution in [0.1, 0.15) is 18.2 Å². The molecule has 1 aromatic rings. The molecular formula is C12H21N3S. The van der Waals surface area contributed by atoms with Crippen molar-refractivity contribution in [1.82, 2.24) is 4.98 Å². The molecule has 0 aliphatic heterocycles. The number of nitrogens with two attached hydrogens (primary N) is 1. The highest BCUT2D eigenvalue weighted by Crippen LogP contribution is 2.20. The first-order valence-corrected chi connectivity index (χ1v) is 6.88. The van der Waals surface area contributed by atoms with Gasteiger partial charge in [0.2, 0.25) is 0 Å². The maximum absolute atomic E-state index is 5.74. The van der Waals surface area contributed by atoms with Crippen LogP contribution in [0.2, 0.25) is 0 Å². The van der Waals surface area contributed by atoms with Crippen molar-refractivity contribution in [1.29, 1.82) is 0 Å². The fourth-order valence-corrected chi connectivity index (χ4v) is 2.30. The van der Waals surface area contributed by atoms with Crippen LogP contribution in [-0.2, 0) is 6.54 Å². The van der Waals surface area contributed by atoms with Crippen molar-refractivity contribution in [3.63, 3.8) is 0 Å². The predicted molar refractivity (Wildman–Crippen MR) is 73.1 cm³/mol. The Bertz CT molecular complexity index is 341. The van der Waals surface area contributed by atoms with Gasteiger partial charge in [0, 0.05) is 36.6 Å². The lowest BCUT2D eigenvalue weighted by molar-refractivity contribution is 0.744. The van der Waals surface area contributed by atoms with Crippen LogP contribution in [0, 0.1) is 6.92 Å². The second-order valence-electron chi connectivity index (χ2n) is 4.05. The van der Waals surface area contributed by atoms with E-state index in [1.807, 2.05) is 24.8 Å². The Kier molecular flexibility index (Phi) is 5.09. The van der Waals surface area contributed by atoms with Gasteiger partial charge in [-0.2, -0.15) is 11.8 Å². The first-order valence-electron chi connectivity index (χ1n) is 5.48. The van der Waals surface area contributed by atoms with E-state index in [1.165, 1.54) is 0 Å². The Morgan fingerprint density at radius 3 is 2.75 bits per heavy atom. The van der Waals surface area contributed by atoms with Gasteiger partial charge in [-0.25, -0.2) is 4.98 Å². The third kappa shape index (κ3) is 3.12. The molecule has 0 fully saturated rings. The molecule has 2 N–H and O–H groups in total. The maximum Gasteiger partial charge on any atom is 0.133 e. The minimum atomic E-state index is 0.467. The zero-order chi connectivity index (χ0) is 12.1. The van der Waals surface area contributed by atoms with Crippen LogP contribution in [0.5, 0.6) is 0 Å². The number of nitrogens with zero attached hydrogens (tertiary/aromatic N) is 2. The van der Waals surface area contributed by atoms with Gasteiger partial charge in [-0.05, 0) is 26.2 Å². The monoisotopic (exact) mass is 239 g/mol. The van der Waals surface area contributed by atoms with Gasteiger partial charge in [0.15, 0.2) is 0 Å². The molecule has 1 heterocycles. The minimum Gasteiger partial charge on any atom is -0.356 e. The predicted octanol–water partition coefficient (Wildman–Crippen LogP) is 2.04. The van der Waals surface area contributed by atoms with E-state index in [1.54, 1.807) is 0 Å². The van der Waals surface area contributed by atoms with Gasteiger partial charge >= 0.3 is 0 Å². The summed E-state index contributed by atoms with van der Waals surface area (Å²) in [6.45, 7) is 4.76. The molecule has 1 rings (SSSR count). The van der Waals surface area contributed by atoms with E-state index in [-0.39, 0.29) is 0 Å². The normalized spacial score (nSPS) is 12.6. The Balaban J connectivity index is 2.96. The van der Waals surface area contributed by atoms with E-state index in [9.17, 15) is 0 Å². The Hall–Kier alpha value is -0.740. The molecule has 1 unspecified atom stereocenters. The SMILES string of the molecule is CSCC(C)N(C)c1nc(C)ccc1CN. The van der Waals surface area contributed by atoms with Gasteiger partial charge in [0.1, 0.15) is 5.82 Å². The third-order valence-electron chi connectivity index (χ3n) is 2.72. The quantitative estimate of drug-likeness (QED) is 0.854. The molecule has 4 heteroatoms. The maximum atomic E-state index is 5.74. The van der Waals surface area contributed by atoms with E-state index in [4.69, 9.17) is 5.73 Å². The largest absolute Gasteiger partial charge is 0.356 e. The van der Waals surface area contributed by atoms with Crippen molar-refractivity contribution in [2.24, 2.45) is 5.73 Å². The molecule has 0 spiro atoms. The zero-order valence-electron chi connectivity index (χ0n) is 10.5. The van der Waals surface area contributed by atoms with Gasteiger partial charge in [0.05, 0.1) is 0 Å². The first kappa shape index (κ1) is 13.3. The average molecular weight is 239 g/mol. The second kappa shape index (κ2) is 6.11. The molecule has 1 aromatic heterocycles. The fraction of sp³-hybridized carbons (Fsp3) is 0.583. The molecule has 0 saturated carbocycles. The summed E-state index contributed by atoms with van der Waals surface area (Å²) in [7, 11) is 2.09. The number of aryl methyl sites for hydroxylation is 1. The lowest BCUT2D eigenvalue weighted by Crippen LogP contribution is -2.32. The molecule has 0 aliphatic carbocycles. The number of thioether (sulfide) groups is 1. The number of hydrogen-bond acceptors (Lipinski definition) is 4. The molecule has 0 amide bonds. The first-order chi connectivity index (χ1) is 7.60. The summed E-state index contributed by atoms with van der Waals surface area (Å²) in [5, 5.41) is 0. The molecule has 0 saturated heterocycles. The highest BCUT2D eigenvalue weighted by molar-refractivity contribution is 7.98. The van der Waals surface area contributed by atoms with E-state index in [0.717, 1.165) is 22.8 Å². The number of hydrogen-bond donors (Lipinski definition) is 1. The standard InChI is InChI=1S/C12H21N3S/c1-9-5-6-11(7-13)12(14-9)15(3)10(2)8-16-4/h5-6,10H,7-8,13H2,1-4H3. The average Bonchev–Trinajstić information content (AvgIpc) is 2.28. The molecule has 16 heavy (non-hydrogen) atoms. The highest BCUT2D eigenvalue weighted by atomic mass is 32.2. The minimum absolute atomic E-state index is 0.467. The molecular weight excluding hydrogens is 218 g/mol. The highest BCUT2D eigenvalue weighted by Gasteiger charge is 2.14.